The summed E-state index contributed by atoms with van der Waals surface area (Å²) in [6.07, 6.45) is 0. The van der Waals surface area contributed by atoms with Crippen LogP contribution in [0.15, 0.2) is 12.1 Å². The van der Waals surface area contributed by atoms with Gasteiger partial charge in [-0.1, -0.05) is 6.07 Å². The molecule has 0 aliphatic heterocycles. The summed E-state index contributed by atoms with van der Waals surface area (Å²) in [5.74, 6) is 0.440. The molecule has 0 heterocycles. The fraction of sp³-hybridized carbons (Fsp3) is 0.143. The van der Waals surface area contributed by atoms with Gasteiger partial charge in [-0.15, -0.1) is 0 Å². The zero-order valence-electron chi connectivity index (χ0n) is 6.03. The number of rotatable bonds is 2. The summed E-state index contributed by atoms with van der Waals surface area (Å²) in [4.78, 5) is 0. The standard InChI is InChI=1S/C7H7BO3/c1-11-7-4-2-3-6(5-7)8(9)10/h3,5,9-10H,1H3. The zero-order chi connectivity index (χ0) is 8.27. The highest BCUT2D eigenvalue weighted by molar-refractivity contribution is 6.58. The molecule has 1 aromatic rings. The van der Waals surface area contributed by atoms with Crippen molar-refractivity contribution in [2.24, 2.45) is 0 Å². The first-order valence-electron chi connectivity index (χ1n) is 3.07. The number of hydrogen-bond donors (Lipinski definition) is 2. The van der Waals surface area contributed by atoms with E-state index in [1.807, 2.05) is 0 Å². The van der Waals surface area contributed by atoms with E-state index < -0.39 is 7.12 Å². The average molecular weight is 150 g/mol. The van der Waals surface area contributed by atoms with E-state index >= 15 is 0 Å². The first-order valence-corrected chi connectivity index (χ1v) is 3.07. The van der Waals surface area contributed by atoms with Gasteiger partial charge < -0.3 is 14.8 Å². The highest BCUT2D eigenvalue weighted by atomic mass is 16.5. The van der Waals surface area contributed by atoms with Crippen LogP contribution in [0.25, 0.3) is 0 Å². The molecule has 0 saturated heterocycles. The maximum Gasteiger partial charge on any atom is 0.489 e. The SMILES string of the molecule is COc1c#ccc(B(O)O)c1. The molecule has 1 rings (SSSR count). The van der Waals surface area contributed by atoms with Crippen LogP contribution in [0.2, 0.25) is 0 Å². The van der Waals surface area contributed by atoms with Crippen LogP contribution in [0.3, 0.4) is 0 Å². The van der Waals surface area contributed by atoms with Crippen molar-refractivity contribution in [3.05, 3.63) is 24.3 Å². The number of hydrogen-bond acceptors (Lipinski definition) is 3. The molecule has 0 unspecified atom stereocenters. The summed E-state index contributed by atoms with van der Waals surface area (Å²) in [5.41, 5.74) is 0.348. The maximum atomic E-state index is 8.71. The van der Waals surface area contributed by atoms with Gasteiger partial charge in [0.2, 0.25) is 0 Å². The number of ether oxygens (including phenoxy) is 1. The van der Waals surface area contributed by atoms with Crippen molar-refractivity contribution >= 4 is 12.6 Å². The third kappa shape index (κ3) is 1.87. The highest BCUT2D eigenvalue weighted by Crippen LogP contribution is 2.00. The molecule has 2 N–H and O–H groups in total. The van der Waals surface area contributed by atoms with Crippen LogP contribution in [-0.2, 0) is 0 Å². The molecule has 3 nitrogen and oxygen atoms in total. The van der Waals surface area contributed by atoms with Crippen molar-refractivity contribution in [1.82, 2.24) is 0 Å². The molecule has 0 aliphatic rings. The Morgan fingerprint density at radius 1 is 1.55 bits per heavy atom. The zero-order valence-corrected chi connectivity index (χ0v) is 6.03. The smallest absolute Gasteiger partial charge is 0.489 e. The van der Waals surface area contributed by atoms with Crippen LogP contribution in [0.5, 0.6) is 5.75 Å². The van der Waals surface area contributed by atoms with Crippen molar-refractivity contribution in [2.75, 3.05) is 7.11 Å². The van der Waals surface area contributed by atoms with E-state index in [1.54, 1.807) is 0 Å². The second-order valence-corrected chi connectivity index (χ2v) is 2.00. The molecule has 0 spiro atoms. The van der Waals surface area contributed by atoms with Gasteiger partial charge in [0.05, 0.1) is 7.11 Å². The molecule has 0 aromatic heterocycles. The van der Waals surface area contributed by atoms with Crippen molar-refractivity contribution in [2.45, 2.75) is 0 Å². The van der Waals surface area contributed by atoms with Crippen LogP contribution < -0.4 is 10.2 Å². The fourth-order valence-electron chi connectivity index (χ4n) is 0.679. The van der Waals surface area contributed by atoms with Crippen LogP contribution in [0.4, 0.5) is 0 Å². The lowest BCUT2D eigenvalue weighted by Gasteiger charge is -1.98. The largest absolute Gasteiger partial charge is 0.489 e. The molecule has 0 fully saturated rings. The van der Waals surface area contributed by atoms with E-state index in [9.17, 15) is 0 Å². The van der Waals surface area contributed by atoms with Gasteiger partial charge in [0.25, 0.3) is 0 Å². The average Bonchev–Trinajstić information content (AvgIpc) is 2.05. The molecule has 4 heteroatoms. The lowest BCUT2D eigenvalue weighted by atomic mass is 9.81. The van der Waals surface area contributed by atoms with Gasteiger partial charge in [0.15, 0.2) is 5.75 Å². The molecule has 0 radical (unpaired) electrons. The predicted octanol–water partition coefficient (Wildman–Crippen LogP) is -1.02. The molecule has 11 heavy (non-hydrogen) atoms. The van der Waals surface area contributed by atoms with E-state index in [0.29, 0.717) is 11.2 Å². The first kappa shape index (κ1) is 7.93. The molecule has 0 aliphatic carbocycles. The molecular weight excluding hydrogens is 143 g/mol. The van der Waals surface area contributed by atoms with Gasteiger partial charge >= 0.3 is 7.12 Å². The Morgan fingerprint density at radius 2 is 2.27 bits per heavy atom. The topological polar surface area (TPSA) is 49.7 Å². The van der Waals surface area contributed by atoms with Gasteiger partial charge in [-0.25, -0.2) is 0 Å². The lowest BCUT2D eigenvalue weighted by Crippen LogP contribution is -2.29. The van der Waals surface area contributed by atoms with Crippen molar-refractivity contribution in [1.29, 1.82) is 0 Å². The van der Waals surface area contributed by atoms with Gasteiger partial charge in [-0.2, -0.15) is 0 Å². The molecule has 0 amide bonds. The molecule has 0 atom stereocenters. The van der Waals surface area contributed by atoms with Gasteiger partial charge in [0.1, 0.15) is 0 Å². The Bertz CT molecular complexity index is 237. The van der Waals surface area contributed by atoms with Gasteiger partial charge in [-0.3, -0.25) is 0 Å². The monoisotopic (exact) mass is 150 g/mol. The summed E-state index contributed by atoms with van der Waals surface area (Å²) in [6, 6.07) is 8.16. The van der Waals surface area contributed by atoms with Crippen LogP contribution in [0, 0.1) is 12.1 Å². The summed E-state index contributed by atoms with van der Waals surface area (Å²) in [6.45, 7) is 0. The Balaban J connectivity index is 2.91. The van der Waals surface area contributed by atoms with E-state index in [4.69, 9.17) is 14.8 Å². The Kier molecular flexibility index (Phi) is 2.37. The van der Waals surface area contributed by atoms with Crippen molar-refractivity contribution in [3.8, 4) is 5.75 Å². The van der Waals surface area contributed by atoms with Crippen LogP contribution in [-0.4, -0.2) is 24.3 Å². The third-order valence-corrected chi connectivity index (χ3v) is 1.25. The van der Waals surface area contributed by atoms with Gasteiger partial charge in [-0.05, 0) is 23.7 Å². The Hall–Kier alpha value is -1.18. The Labute approximate surface area is 65.4 Å². The predicted molar refractivity (Wildman–Crippen MR) is 40.5 cm³/mol. The molecular formula is C7H7BO3. The summed E-state index contributed by atoms with van der Waals surface area (Å²) < 4.78 is 4.80. The highest BCUT2D eigenvalue weighted by Gasteiger charge is 2.10. The van der Waals surface area contributed by atoms with Crippen LogP contribution in [0.1, 0.15) is 0 Å². The number of methoxy groups -OCH3 is 1. The fourth-order valence-corrected chi connectivity index (χ4v) is 0.679. The van der Waals surface area contributed by atoms with E-state index in [-0.39, 0.29) is 0 Å². The van der Waals surface area contributed by atoms with E-state index in [1.165, 1.54) is 19.2 Å². The van der Waals surface area contributed by atoms with Crippen LogP contribution >= 0.6 is 0 Å². The second kappa shape index (κ2) is 3.29. The second-order valence-electron chi connectivity index (χ2n) is 2.00. The Morgan fingerprint density at radius 3 is 2.82 bits per heavy atom. The molecule has 0 bridgehead atoms. The quantitative estimate of drug-likeness (QED) is 0.530. The molecule has 0 saturated carbocycles. The summed E-state index contributed by atoms with van der Waals surface area (Å²) >= 11 is 0. The van der Waals surface area contributed by atoms with E-state index in [0.717, 1.165) is 0 Å². The maximum absolute atomic E-state index is 8.71. The third-order valence-electron chi connectivity index (χ3n) is 1.25. The van der Waals surface area contributed by atoms with Crippen molar-refractivity contribution < 1.29 is 14.8 Å². The van der Waals surface area contributed by atoms with E-state index in [2.05, 4.69) is 12.1 Å². The lowest BCUT2D eigenvalue weighted by molar-refractivity contribution is 0.412. The van der Waals surface area contributed by atoms with Gasteiger partial charge in [0, 0.05) is 0 Å². The molecule has 56 valence electrons. The summed E-state index contributed by atoms with van der Waals surface area (Å²) in [7, 11) is 0.00229. The minimum atomic E-state index is -1.48. The van der Waals surface area contributed by atoms with Crippen molar-refractivity contribution in [3.63, 3.8) is 0 Å². The minimum Gasteiger partial charge on any atom is -0.489 e. The minimum absolute atomic E-state index is 0.348. The normalized spacial score (nSPS) is 8.64. The molecule has 1 aromatic carbocycles. The summed E-state index contributed by atoms with van der Waals surface area (Å²) in [5, 5.41) is 17.4. The first-order chi connectivity index (χ1) is 5.24.